The maximum atomic E-state index is 12.5. The van der Waals surface area contributed by atoms with Crippen molar-refractivity contribution in [2.45, 2.75) is 51.7 Å². The van der Waals surface area contributed by atoms with Crippen LogP contribution >= 0.6 is 0 Å². The second-order valence-corrected chi connectivity index (χ2v) is 7.16. The molecular weight excluding hydrogens is 340 g/mol. The number of ether oxygens (including phenoxy) is 2. The van der Waals surface area contributed by atoms with Gasteiger partial charge in [0.25, 0.3) is 5.91 Å². The van der Waals surface area contributed by atoms with Crippen LogP contribution in [-0.4, -0.2) is 24.0 Å². The van der Waals surface area contributed by atoms with E-state index in [1.807, 2.05) is 36.4 Å². The summed E-state index contributed by atoms with van der Waals surface area (Å²) in [6.45, 7) is 2.46. The largest absolute Gasteiger partial charge is 0.497 e. The second kappa shape index (κ2) is 9.40. The molecule has 1 fully saturated rings. The normalized spacial score (nSPS) is 15.8. The molecule has 1 heterocycles. The summed E-state index contributed by atoms with van der Waals surface area (Å²) in [6.07, 6.45) is 7.91. The molecule has 1 saturated carbocycles. The highest BCUT2D eigenvalue weighted by Gasteiger charge is 2.21. The summed E-state index contributed by atoms with van der Waals surface area (Å²) in [6, 6.07) is 11.3. The van der Waals surface area contributed by atoms with Crippen molar-refractivity contribution in [3.8, 4) is 11.5 Å². The van der Waals surface area contributed by atoms with E-state index in [4.69, 9.17) is 9.47 Å². The molecule has 27 heavy (non-hydrogen) atoms. The van der Waals surface area contributed by atoms with Gasteiger partial charge in [-0.3, -0.25) is 9.78 Å². The van der Waals surface area contributed by atoms with E-state index >= 15 is 0 Å². The third kappa shape index (κ3) is 5.46. The molecule has 0 spiro atoms. The van der Waals surface area contributed by atoms with Crippen LogP contribution in [0.2, 0.25) is 0 Å². The van der Waals surface area contributed by atoms with Crippen LogP contribution in [-0.2, 0) is 6.61 Å². The summed E-state index contributed by atoms with van der Waals surface area (Å²) in [5, 5.41) is 3.13. The number of nitrogens with zero attached hydrogens (tertiary/aromatic N) is 1. The minimum atomic E-state index is -0.0526. The van der Waals surface area contributed by atoms with Crippen molar-refractivity contribution < 1.29 is 14.3 Å². The third-order valence-electron chi connectivity index (χ3n) is 5.25. The molecule has 0 saturated heterocycles. The number of benzene rings is 1. The molecule has 1 amide bonds. The van der Waals surface area contributed by atoms with Gasteiger partial charge in [-0.1, -0.05) is 19.3 Å². The van der Waals surface area contributed by atoms with E-state index in [1.54, 1.807) is 13.3 Å². The van der Waals surface area contributed by atoms with Gasteiger partial charge in [0.2, 0.25) is 0 Å². The van der Waals surface area contributed by atoms with E-state index in [9.17, 15) is 4.79 Å². The summed E-state index contributed by atoms with van der Waals surface area (Å²) < 4.78 is 10.8. The first-order chi connectivity index (χ1) is 13.2. The zero-order chi connectivity index (χ0) is 19.1. The Bertz CT molecular complexity index is 722. The van der Waals surface area contributed by atoms with Crippen molar-refractivity contribution in [1.29, 1.82) is 0 Å². The lowest BCUT2D eigenvalue weighted by Crippen LogP contribution is -2.38. The molecule has 1 atom stereocenters. The van der Waals surface area contributed by atoms with Crippen molar-refractivity contribution >= 4 is 5.91 Å². The monoisotopic (exact) mass is 368 g/mol. The van der Waals surface area contributed by atoms with Crippen molar-refractivity contribution in [2.75, 3.05) is 7.11 Å². The topological polar surface area (TPSA) is 60.5 Å². The van der Waals surface area contributed by atoms with Crippen LogP contribution < -0.4 is 14.8 Å². The molecule has 1 N–H and O–H groups in total. The highest BCUT2D eigenvalue weighted by molar-refractivity contribution is 5.94. The fourth-order valence-electron chi connectivity index (χ4n) is 3.52. The Kier molecular flexibility index (Phi) is 6.69. The van der Waals surface area contributed by atoms with Crippen molar-refractivity contribution in [3.05, 3.63) is 53.9 Å². The summed E-state index contributed by atoms with van der Waals surface area (Å²) in [4.78, 5) is 16.8. The smallest absolute Gasteiger partial charge is 0.253 e. The van der Waals surface area contributed by atoms with E-state index in [2.05, 4.69) is 17.2 Å². The van der Waals surface area contributed by atoms with E-state index in [1.165, 1.54) is 32.1 Å². The van der Waals surface area contributed by atoms with E-state index < -0.39 is 0 Å². The molecule has 1 aromatic heterocycles. The Hall–Kier alpha value is -2.56. The van der Waals surface area contributed by atoms with Gasteiger partial charge >= 0.3 is 0 Å². The van der Waals surface area contributed by atoms with E-state index in [0.29, 0.717) is 18.1 Å². The van der Waals surface area contributed by atoms with Crippen LogP contribution in [0.4, 0.5) is 0 Å². The molecule has 0 bridgehead atoms. The average Bonchev–Trinajstić information content (AvgIpc) is 2.73. The molecule has 0 aliphatic heterocycles. The highest BCUT2D eigenvalue weighted by Crippen LogP contribution is 2.26. The third-order valence-corrected chi connectivity index (χ3v) is 5.25. The molecule has 1 aliphatic carbocycles. The number of rotatable bonds is 7. The predicted octanol–water partition coefficient (Wildman–Crippen LogP) is 4.37. The fourth-order valence-corrected chi connectivity index (χ4v) is 3.52. The van der Waals surface area contributed by atoms with Crippen molar-refractivity contribution in [2.24, 2.45) is 5.92 Å². The molecular formula is C22H28N2O3. The minimum absolute atomic E-state index is 0.0526. The lowest BCUT2D eigenvalue weighted by Gasteiger charge is -2.28. The summed E-state index contributed by atoms with van der Waals surface area (Å²) in [7, 11) is 1.63. The maximum absolute atomic E-state index is 12.5. The van der Waals surface area contributed by atoms with E-state index in [-0.39, 0.29) is 11.9 Å². The Balaban J connectivity index is 1.50. The summed E-state index contributed by atoms with van der Waals surface area (Å²) in [5.41, 5.74) is 1.37. The average molecular weight is 368 g/mol. The predicted molar refractivity (Wildman–Crippen MR) is 105 cm³/mol. The maximum Gasteiger partial charge on any atom is 0.253 e. The lowest BCUT2D eigenvalue weighted by molar-refractivity contribution is 0.0919. The van der Waals surface area contributed by atoms with Gasteiger partial charge in [-0.05, 0) is 62.1 Å². The van der Waals surface area contributed by atoms with E-state index in [0.717, 1.165) is 17.2 Å². The zero-order valence-corrected chi connectivity index (χ0v) is 16.1. The Morgan fingerprint density at radius 2 is 1.81 bits per heavy atom. The quantitative estimate of drug-likeness (QED) is 0.788. The summed E-state index contributed by atoms with van der Waals surface area (Å²) >= 11 is 0. The standard InChI is InChI=1S/C22H28N2O3/c1-16(17-6-4-3-5-7-17)24-22(25)18-8-9-19(23-14-18)15-27-21-12-10-20(26-2)11-13-21/h8-14,16-17H,3-7,15H2,1-2H3,(H,24,25). The number of amides is 1. The molecule has 1 aliphatic rings. The Labute approximate surface area is 161 Å². The van der Waals surface area contributed by atoms with Gasteiger partial charge in [-0.25, -0.2) is 0 Å². The van der Waals surface area contributed by atoms with Gasteiger partial charge in [0.1, 0.15) is 18.1 Å². The molecule has 1 unspecified atom stereocenters. The lowest BCUT2D eigenvalue weighted by atomic mass is 9.84. The number of carbonyl (C=O) groups is 1. The molecule has 1 aromatic carbocycles. The first-order valence-corrected chi connectivity index (χ1v) is 9.68. The van der Waals surface area contributed by atoms with Gasteiger partial charge < -0.3 is 14.8 Å². The number of methoxy groups -OCH3 is 1. The molecule has 2 aromatic rings. The first-order valence-electron chi connectivity index (χ1n) is 9.68. The van der Waals surface area contributed by atoms with Crippen LogP contribution in [0, 0.1) is 5.92 Å². The van der Waals surface area contributed by atoms with Crippen LogP contribution in [0.5, 0.6) is 11.5 Å². The molecule has 5 heteroatoms. The van der Waals surface area contributed by atoms with Crippen LogP contribution in [0.1, 0.15) is 55.1 Å². The van der Waals surface area contributed by atoms with Gasteiger partial charge in [-0.15, -0.1) is 0 Å². The molecule has 5 nitrogen and oxygen atoms in total. The number of carbonyl (C=O) groups excluding carboxylic acids is 1. The van der Waals surface area contributed by atoms with Crippen LogP contribution in [0.25, 0.3) is 0 Å². The highest BCUT2D eigenvalue weighted by atomic mass is 16.5. The van der Waals surface area contributed by atoms with Gasteiger partial charge in [0.05, 0.1) is 18.4 Å². The van der Waals surface area contributed by atoms with Crippen LogP contribution in [0.3, 0.4) is 0 Å². The van der Waals surface area contributed by atoms with Crippen LogP contribution in [0.15, 0.2) is 42.6 Å². The molecule has 144 valence electrons. The molecule has 0 radical (unpaired) electrons. The van der Waals surface area contributed by atoms with Crippen molar-refractivity contribution in [3.63, 3.8) is 0 Å². The number of hydrogen-bond acceptors (Lipinski definition) is 4. The number of hydrogen-bond donors (Lipinski definition) is 1. The number of pyridine rings is 1. The van der Waals surface area contributed by atoms with Gasteiger partial charge in [0, 0.05) is 12.2 Å². The Morgan fingerprint density at radius 3 is 2.44 bits per heavy atom. The number of nitrogens with one attached hydrogen (secondary N) is 1. The SMILES string of the molecule is COc1ccc(OCc2ccc(C(=O)NC(C)C3CCCCC3)cn2)cc1. The fraction of sp³-hybridized carbons (Fsp3) is 0.455. The first kappa shape index (κ1) is 19.2. The summed E-state index contributed by atoms with van der Waals surface area (Å²) in [5.74, 6) is 2.08. The van der Waals surface area contributed by atoms with Gasteiger partial charge in [0.15, 0.2) is 0 Å². The minimum Gasteiger partial charge on any atom is -0.497 e. The second-order valence-electron chi connectivity index (χ2n) is 7.16. The zero-order valence-electron chi connectivity index (χ0n) is 16.1. The van der Waals surface area contributed by atoms with Crippen molar-refractivity contribution in [1.82, 2.24) is 10.3 Å². The molecule has 3 rings (SSSR count). The number of aromatic nitrogens is 1. The van der Waals surface area contributed by atoms with Gasteiger partial charge in [-0.2, -0.15) is 0 Å². The Morgan fingerprint density at radius 1 is 1.11 bits per heavy atom.